The molecule has 0 aliphatic carbocycles. The maximum Gasteiger partial charge on any atom is 0.303 e. The summed E-state index contributed by atoms with van der Waals surface area (Å²) in [5, 5.41) is 6.32. The smallest absolute Gasteiger partial charge is 0.303 e. The first-order valence-corrected chi connectivity index (χ1v) is 7.23. The predicted molar refractivity (Wildman–Crippen MR) is 82.7 cm³/mol. The van der Waals surface area contributed by atoms with Crippen LogP contribution in [0.15, 0.2) is 27.6 Å². The Morgan fingerprint density at radius 1 is 1.52 bits per heavy atom. The molecule has 2 N–H and O–H groups in total. The Hall–Kier alpha value is -2.08. The van der Waals surface area contributed by atoms with Crippen LogP contribution in [0.2, 0.25) is 0 Å². The van der Waals surface area contributed by atoms with E-state index in [4.69, 9.17) is 9.15 Å². The summed E-state index contributed by atoms with van der Waals surface area (Å²) >= 11 is 0. The molecule has 1 unspecified atom stereocenters. The zero-order valence-electron chi connectivity index (χ0n) is 12.3. The number of anilines is 1. The standard InChI is InChI=1S/C15H20N4O2/c1-10-5-6-12-13(8-10)21-15(18-12)19-14(16-2)20-11-4-3-7-17-9-11/h5-6,8,11,17H,3-4,7,9H2,1-2H3,(H,16,18,19). The maximum atomic E-state index is 5.84. The lowest BCUT2D eigenvalue weighted by molar-refractivity contribution is 0.154. The lowest BCUT2D eigenvalue weighted by Gasteiger charge is -2.24. The molecule has 3 rings (SSSR count). The number of aromatic nitrogens is 1. The van der Waals surface area contributed by atoms with Gasteiger partial charge in [0.05, 0.1) is 0 Å². The first kappa shape index (κ1) is 13.9. The molecule has 1 fully saturated rings. The number of ether oxygens (including phenoxy) is 1. The lowest BCUT2D eigenvalue weighted by atomic mass is 10.1. The number of aliphatic imine (C=N–C) groups is 1. The number of benzene rings is 1. The molecule has 0 amide bonds. The highest BCUT2D eigenvalue weighted by atomic mass is 16.5. The molecule has 0 spiro atoms. The SMILES string of the molecule is CN=C(Nc1nc2ccc(C)cc2o1)OC1CCCNC1. The number of oxazole rings is 1. The molecule has 0 saturated carbocycles. The Kier molecular flexibility index (Phi) is 4.06. The van der Waals surface area contributed by atoms with Crippen LogP contribution in [0.1, 0.15) is 18.4 Å². The largest absolute Gasteiger partial charge is 0.460 e. The monoisotopic (exact) mass is 288 g/mol. The van der Waals surface area contributed by atoms with Gasteiger partial charge in [0.25, 0.3) is 6.02 Å². The van der Waals surface area contributed by atoms with Crippen LogP contribution in [0.4, 0.5) is 6.01 Å². The van der Waals surface area contributed by atoms with Crippen molar-refractivity contribution in [3.63, 3.8) is 0 Å². The molecule has 0 radical (unpaired) electrons. The van der Waals surface area contributed by atoms with Crippen LogP contribution in [-0.4, -0.2) is 37.2 Å². The summed E-state index contributed by atoms with van der Waals surface area (Å²) in [4.78, 5) is 8.50. The van der Waals surface area contributed by atoms with E-state index in [9.17, 15) is 0 Å². The molecule has 1 aromatic carbocycles. The molecule has 1 aromatic heterocycles. The van der Waals surface area contributed by atoms with E-state index in [2.05, 4.69) is 20.6 Å². The quantitative estimate of drug-likeness (QED) is 0.655. The Morgan fingerprint density at radius 3 is 3.19 bits per heavy atom. The highest BCUT2D eigenvalue weighted by Crippen LogP contribution is 2.20. The first-order chi connectivity index (χ1) is 10.2. The van der Waals surface area contributed by atoms with Gasteiger partial charge in [-0.1, -0.05) is 6.07 Å². The first-order valence-electron chi connectivity index (χ1n) is 7.23. The number of piperidine rings is 1. The van der Waals surface area contributed by atoms with E-state index >= 15 is 0 Å². The van der Waals surface area contributed by atoms with Gasteiger partial charge in [-0.25, -0.2) is 4.99 Å². The number of fused-ring (bicyclic) bond motifs is 1. The summed E-state index contributed by atoms with van der Waals surface area (Å²) in [5.74, 6) is 0. The van der Waals surface area contributed by atoms with Gasteiger partial charge in [-0.3, -0.25) is 5.32 Å². The second-order valence-electron chi connectivity index (χ2n) is 5.23. The van der Waals surface area contributed by atoms with Gasteiger partial charge in [0.1, 0.15) is 11.6 Å². The van der Waals surface area contributed by atoms with Crippen LogP contribution >= 0.6 is 0 Å². The highest BCUT2D eigenvalue weighted by Gasteiger charge is 2.17. The number of hydrogen-bond acceptors (Lipinski definition) is 5. The van der Waals surface area contributed by atoms with Crippen molar-refractivity contribution in [2.24, 2.45) is 4.99 Å². The average molecular weight is 288 g/mol. The van der Waals surface area contributed by atoms with Crippen molar-refractivity contribution < 1.29 is 9.15 Å². The Bertz CT molecular complexity index is 644. The van der Waals surface area contributed by atoms with E-state index in [0.29, 0.717) is 12.0 Å². The van der Waals surface area contributed by atoms with Crippen molar-refractivity contribution in [3.05, 3.63) is 23.8 Å². The number of nitrogens with one attached hydrogen (secondary N) is 2. The summed E-state index contributed by atoms with van der Waals surface area (Å²) in [6, 6.07) is 6.75. The summed E-state index contributed by atoms with van der Waals surface area (Å²) < 4.78 is 11.5. The van der Waals surface area contributed by atoms with Gasteiger partial charge < -0.3 is 14.5 Å². The predicted octanol–water partition coefficient (Wildman–Crippen LogP) is 2.30. The lowest BCUT2D eigenvalue weighted by Crippen LogP contribution is -2.38. The Balaban J connectivity index is 1.70. The molecule has 1 atom stereocenters. The Labute approximate surface area is 123 Å². The second kappa shape index (κ2) is 6.13. The average Bonchev–Trinajstić information content (AvgIpc) is 2.89. The summed E-state index contributed by atoms with van der Waals surface area (Å²) in [6.45, 7) is 3.91. The van der Waals surface area contributed by atoms with Crippen LogP contribution < -0.4 is 10.6 Å². The molecule has 2 aromatic rings. The number of aryl methyl sites for hydroxylation is 1. The molecule has 2 heterocycles. The zero-order valence-corrected chi connectivity index (χ0v) is 12.3. The van der Waals surface area contributed by atoms with Gasteiger partial charge in [-0.15, -0.1) is 0 Å². The molecule has 1 aliphatic rings. The van der Waals surface area contributed by atoms with Crippen LogP contribution in [0.25, 0.3) is 11.1 Å². The van der Waals surface area contributed by atoms with Crippen molar-refractivity contribution in [2.45, 2.75) is 25.9 Å². The van der Waals surface area contributed by atoms with Crippen molar-refractivity contribution in [1.29, 1.82) is 0 Å². The fourth-order valence-electron chi connectivity index (χ4n) is 2.39. The maximum absolute atomic E-state index is 5.84. The van der Waals surface area contributed by atoms with Gasteiger partial charge >= 0.3 is 6.01 Å². The molecule has 6 heteroatoms. The summed E-state index contributed by atoms with van der Waals surface area (Å²) in [5.41, 5.74) is 2.71. The molecule has 6 nitrogen and oxygen atoms in total. The van der Waals surface area contributed by atoms with Crippen molar-refractivity contribution in [2.75, 3.05) is 25.5 Å². The molecule has 112 valence electrons. The fourth-order valence-corrected chi connectivity index (χ4v) is 2.39. The van der Waals surface area contributed by atoms with Crippen molar-refractivity contribution in [3.8, 4) is 0 Å². The third-order valence-electron chi connectivity index (χ3n) is 3.49. The summed E-state index contributed by atoms with van der Waals surface area (Å²) in [7, 11) is 1.69. The minimum Gasteiger partial charge on any atom is -0.460 e. The fraction of sp³-hybridized carbons (Fsp3) is 0.467. The molecular formula is C15H20N4O2. The topological polar surface area (TPSA) is 71.7 Å². The van der Waals surface area contributed by atoms with Gasteiger partial charge in [0.15, 0.2) is 5.58 Å². The van der Waals surface area contributed by atoms with Gasteiger partial charge in [0.2, 0.25) is 0 Å². The van der Waals surface area contributed by atoms with Gasteiger partial charge in [0, 0.05) is 13.6 Å². The number of amidine groups is 1. The zero-order chi connectivity index (χ0) is 14.7. The third kappa shape index (κ3) is 3.33. The highest BCUT2D eigenvalue weighted by molar-refractivity contribution is 5.88. The number of hydrogen-bond donors (Lipinski definition) is 2. The van der Waals surface area contributed by atoms with E-state index < -0.39 is 0 Å². The third-order valence-corrected chi connectivity index (χ3v) is 3.49. The van der Waals surface area contributed by atoms with Gasteiger partial charge in [-0.05, 0) is 44.0 Å². The van der Waals surface area contributed by atoms with E-state index in [-0.39, 0.29) is 6.10 Å². The van der Waals surface area contributed by atoms with E-state index in [0.717, 1.165) is 42.6 Å². The van der Waals surface area contributed by atoms with Gasteiger partial charge in [-0.2, -0.15) is 4.98 Å². The van der Waals surface area contributed by atoms with Crippen molar-refractivity contribution >= 4 is 23.1 Å². The second-order valence-corrected chi connectivity index (χ2v) is 5.23. The van der Waals surface area contributed by atoms with Crippen LogP contribution in [0.5, 0.6) is 0 Å². The molecular weight excluding hydrogens is 268 g/mol. The van der Waals surface area contributed by atoms with E-state index in [1.807, 2.05) is 25.1 Å². The summed E-state index contributed by atoms with van der Waals surface area (Å²) in [6.07, 6.45) is 2.28. The van der Waals surface area contributed by atoms with Crippen LogP contribution in [0, 0.1) is 6.92 Å². The van der Waals surface area contributed by atoms with Crippen molar-refractivity contribution in [1.82, 2.24) is 10.3 Å². The molecule has 1 aliphatic heterocycles. The number of nitrogens with zero attached hydrogens (tertiary/aromatic N) is 2. The molecule has 21 heavy (non-hydrogen) atoms. The minimum atomic E-state index is 0.136. The molecule has 0 bridgehead atoms. The van der Waals surface area contributed by atoms with Crippen LogP contribution in [0.3, 0.4) is 0 Å². The Morgan fingerprint density at radius 2 is 2.43 bits per heavy atom. The van der Waals surface area contributed by atoms with Crippen LogP contribution in [-0.2, 0) is 4.74 Å². The van der Waals surface area contributed by atoms with E-state index in [1.165, 1.54) is 0 Å². The van der Waals surface area contributed by atoms with E-state index in [1.54, 1.807) is 7.05 Å². The molecule has 1 saturated heterocycles. The normalized spacial score (nSPS) is 19.7. The number of rotatable bonds is 2. The minimum absolute atomic E-state index is 0.136.